The van der Waals surface area contributed by atoms with E-state index in [9.17, 15) is 10.2 Å². The summed E-state index contributed by atoms with van der Waals surface area (Å²) in [6.45, 7) is 4.07. The van der Waals surface area contributed by atoms with Crippen molar-refractivity contribution in [1.29, 1.82) is 0 Å². The van der Waals surface area contributed by atoms with Gasteiger partial charge in [0.15, 0.2) is 12.1 Å². The van der Waals surface area contributed by atoms with Crippen LogP contribution in [0.1, 0.15) is 33.1 Å². The molecule has 2 rings (SSSR count). The summed E-state index contributed by atoms with van der Waals surface area (Å²) in [4.78, 5) is 0. The van der Waals surface area contributed by atoms with Crippen molar-refractivity contribution in [2.24, 2.45) is 17.8 Å². The van der Waals surface area contributed by atoms with Crippen molar-refractivity contribution in [3.05, 3.63) is 0 Å². The van der Waals surface area contributed by atoms with Gasteiger partial charge in [0.25, 0.3) is 0 Å². The topological polar surface area (TPSA) is 49.7 Å². The van der Waals surface area contributed by atoms with Crippen molar-refractivity contribution in [2.75, 3.05) is 0 Å². The normalized spacial score (nSPS) is 56.3. The molecule has 1 saturated heterocycles. The molecule has 0 aromatic heterocycles. The lowest BCUT2D eigenvalue weighted by Crippen LogP contribution is -2.41. The Morgan fingerprint density at radius 2 is 2.00 bits per heavy atom. The Bertz CT molecular complexity index is 202. The zero-order valence-electron chi connectivity index (χ0n) is 8.23. The van der Waals surface area contributed by atoms with E-state index in [1.54, 1.807) is 0 Å². The van der Waals surface area contributed by atoms with E-state index in [0.717, 1.165) is 12.8 Å². The highest BCUT2D eigenvalue weighted by Crippen LogP contribution is 2.48. The summed E-state index contributed by atoms with van der Waals surface area (Å²) in [6.07, 6.45) is 1.99. The molecule has 2 aliphatic rings. The van der Waals surface area contributed by atoms with Crippen LogP contribution in [0.2, 0.25) is 0 Å². The van der Waals surface area contributed by atoms with Gasteiger partial charge in [-0.15, -0.1) is 0 Å². The molecule has 5 unspecified atom stereocenters. The van der Waals surface area contributed by atoms with Crippen LogP contribution in [-0.2, 0) is 4.74 Å². The smallest absolute Gasteiger partial charge is 0.172 e. The summed E-state index contributed by atoms with van der Waals surface area (Å²) < 4.78 is 5.25. The molecule has 0 spiro atoms. The SMILES string of the molecule is CC1CCC2C(C)C(O)OC2(O)C1. The van der Waals surface area contributed by atoms with Crippen LogP contribution in [0.3, 0.4) is 0 Å². The molecule has 76 valence electrons. The Morgan fingerprint density at radius 3 is 2.69 bits per heavy atom. The predicted octanol–water partition coefficient (Wildman–Crippen LogP) is 1.10. The van der Waals surface area contributed by atoms with Gasteiger partial charge >= 0.3 is 0 Å². The maximum absolute atomic E-state index is 10.1. The van der Waals surface area contributed by atoms with Gasteiger partial charge in [-0.05, 0) is 12.3 Å². The first-order valence-corrected chi connectivity index (χ1v) is 5.11. The molecule has 1 aliphatic carbocycles. The zero-order chi connectivity index (χ0) is 9.64. The number of rotatable bonds is 0. The molecule has 1 aliphatic heterocycles. The van der Waals surface area contributed by atoms with E-state index >= 15 is 0 Å². The number of ether oxygens (including phenoxy) is 1. The van der Waals surface area contributed by atoms with Crippen LogP contribution in [0.25, 0.3) is 0 Å². The molecule has 2 N–H and O–H groups in total. The van der Waals surface area contributed by atoms with Gasteiger partial charge in [-0.3, -0.25) is 0 Å². The van der Waals surface area contributed by atoms with Crippen LogP contribution in [-0.4, -0.2) is 22.3 Å². The van der Waals surface area contributed by atoms with Gasteiger partial charge in [-0.25, -0.2) is 0 Å². The molecule has 13 heavy (non-hydrogen) atoms. The van der Waals surface area contributed by atoms with Gasteiger partial charge < -0.3 is 14.9 Å². The van der Waals surface area contributed by atoms with Crippen molar-refractivity contribution >= 4 is 0 Å². The second-order valence-corrected chi connectivity index (χ2v) is 4.71. The number of aliphatic hydroxyl groups excluding tert-OH is 1. The summed E-state index contributed by atoms with van der Waals surface area (Å²) in [5, 5.41) is 19.6. The fraction of sp³-hybridized carbons (Fsp3) is 1.00. The molecule has 1 saturated carbocycles. The van der Waals surface area contributed by atoms with E-state index in [-0.39, 0.29) is 11.8 Å². The van der Waals surface area contributed by atoms with E-state index in [4.69, 9.17) is 4.74 Å². The molecule has 0 radical (unpaired) electrons. The highest BCUT2D eigenvalue weighted by Gasteiger charge is 2.53. The first-order valence-electron chi connectivity index (χ1n) is 5.11. The van der Waals surface area contributed by atoms with Crippen molar-refractivity contribution in [3.8, 4) is 0 Å². The van der Waals surface area contributed by atoms with Gasteiger partial charge in [0.2, 0.25) is 0 Å². The van der Waals surface area contributed by atoms with Crippen LogP contribution in [0.4, 0.5) is 0 Å². The van der Waals surface area contributed by atoms with Crippen molar-refractivity contribution < 1.29 is 14.9 Å². The van der Waals surface area contributed by atoms with Crippen LogP contribution < -0.4 is 0 Å². The van der Waals surface area contributed by atoms with Crippen LogP contribution in [0.5, 0.6) is 0 Å². The molecule has 0 bridgehead atoms. The fourth-order valence-corrected chi connectivity index (χ4v) is 2.77. The molecule has 5 atom stereocenters. The second kappa shape index (κ2) is 2.94. The monoisotopic (exact) mass is 186 g/mol. The van der Waals surface area contributed by atoms with E-state index in [0.29, 0.717) is 12.3 Å². The Hall–Kier alpha value is -0.120. The maximum Gasteiger partial charge on any atom is 0.172 e. The van der Waals surface area contributed by atoms with Crippen molar-refractivity contribution in [3.63, 3.8) is 0 Å². The number of fused-ring (bicyclic) bond motifs is 1. The Balaban J connectivity index is 2.17. The zero-order valence-corrected chi connectivity index (χ0v) is 8.23. The minimum Gasteiger partial charge on any atom is -0.368 e. The number of hydrogen-bond donors (Lipinski definition) is 2. The van der Waals surface area contributed by atoms with Gasteiger partial charge in [-0.1, -0.05) is 20.3 Å². The average Bonchev–Trinajstić information content (AvgIpc) is 2.22. The highest BCUT2D eigenvalue weighted by molar-refractivity contribution is 4.93. The summed E-state index contributed by atoms with van der Waals surface area (Å²) in [7, 11) is 0. The minimum absolute atomic E-state index is 0.0671. The second-order valence-electron chi connectivity index (χ2n) is 4.71. The summed E-state index contributed by atoms with van der Waals surface area (Å²) >= 11 is 0. The molecule has 0 aromatic rings. The molecule has 0 aromatic carbocycles. The third-order valence-electron chi connectivity index (χ3n) is 3.60. The molecule has 2 fully saturated rings. The third-order valence-corrected chi connectivity index (χ3v) is 3.60. The molecule has 3 heteroatoms. The van der Waals surface area contributed by atoms with E-state index in [1.165, 1.54) is 0 Å². The molecular weight excluding hydrogens is 168 g/mol. The standard InChI is InChI=1S/C10H18O3/c1-6-3-4-8-7(2)9(11)13-10(8,12)5-6/h6-9,11-12H,3-5H2,1-2H3. The van der Waals surface area contributed by atoms with Crippen LogP contribution >= 0.6 is 0 Å². The van der Waals surface area contributed by atoms with E-state index in [1.807, 2.05) is 6.92 Å². The summed E-state index contributed by atoms with van der Waals surface area (Å²) in [5.41, 5.74) is 0. The van der Waals surface area contributed by atoms with Gasteiger partial charge in [-0.2, -0.15) is 0 Å². The maximum atomic E-state index is 10.1. The summed E-state index contributed by atoms with van der Waals surface area (Å²) in [6, 6.07) is 0. The van der Waals surface area contributed by atoms with Crippen LogP contribution in [0.15, 0.2) is 0 Å². The van der Waals surface area contributed by atoms with Crippen LogP contribution in [0, 0.1) is 17.8 Å². The van der Waals surface area contributed by atoms with E-state index < -0.39 is 12.1 Å². The first kappa shape index (κ1) is 9.44. The first-order chi connectivity index (χ1) is 6.03. The lowest BCUT2D eigenvalue weighted by molar-refractivity contribution is -0.263. The molecule has 3 nitrogen and oxygen atoms in total. The number of aliphatic hydroxyl groups is 2. The van der Waals surface area contributed by atoms with E-state index in [2.05, 4.69) is 6.92 Å². The predicted molar refractivity (Wildman–Crippen MR) is 47.7 cm³/mol. The Kier molecular flexibility index (Phi) is 2.13. The third kappa shape index (κ3) is 1.39. The summed E-state index contributed by atoms with van der Waals surface area (Å²) in [5.74, 6) is -0.355. The molecule has 1 heterocycles. The lowest BCUT2D eigenvalue weighted by Gasteiger charge is -2.37. The largest absolute Gasteiger partial charge is 0.368 e. The fourth-order valence-electron chi connectivity index (χ4n) is 2.77. The highest BCUT2D eigenvalue weighted by atomic mass is 16.7. The average molecular weight is 186 g/mol. The molecule has 0 amide bonds. The Labute approximate surface area is 78.7 Å². The minimum atomic E-state index is -1.05. The van der Waals surface area contributed by atoms with Crippen molar-refractivity contribution in [2.45, 2.75) is 45.2 Å². The lowest BCUT2D eigenvalue weighted by atomic mass is 9.74. The number of hydrogen-bond acceptors (Lipinski definition) is 3. The Morgan fingerprint density at radius 1 is 1.31 bits per heavy atom. The molecular formula is C10H18O3. The quantitative estimate of drug-likeness (QED) is 0.595. The van der Waals surface area contributed by atoms with Gasteiger partial charge in [0.05, 0.1) is 0 Å². The van der Waals surface area contributed by atoms with Gasteiger partial charge in [0, 0.05) is 18.3 Å². The van der Waals surface area contributed by atoms with Gasteiger partial charge in [0.1, 0.15) is 0 Å². The van der Waals surface area contributed by atoms with Crippen molar-refractivity contribution in [1.82, 2.24) is 0 Å².